The van der Waals surface area contributed by atoms with E-state index in [1.54, 1.807) is 13.8 Å². The fourth-order valence-electron chi connectivity index (χ4n) is 2.68. The molecule has 0 spiro atoms. The number of alkyl halides is 3. The predicted molar refractivity (Wildman–Crippen MR) is 104 cm³/mol. The van der Waals surface area contributed by atoms with Gasteiger partial charge in [-0.05, 0) is 26.0 Å². The van der Waals surface area contributed by atoms with Crippen LogP contribution in [0.25, 0.3) is 27.6 Å². The topological polar surface area (TPSA) is 115 Å². The lowest BCUT2D eigenvalue weighted by molar-refractivity contribution is -0.137. The third-order valence-electron chi connectivity index (χ3n) is 4.04. The van der Waals surface area contributed by atoms with Crippen LogP contribution in [0.1, 0.15) is 29.2 Å². The average Bonchev–Trinajstić information content (AvgIpc) is 3.34. The number of esters is 1. The van der Waals surface area contributed by atoms with Crippen LogP contribution in [0.4, 0.5) is 13.2 Å². The number of fused-ring (bicyclic) bond motifs is 1. The number of rotatable bonds is 4. The standard InChI is InChI=1S/C18H13F3N6O3S/c1-8(2)30-17(29)16-26-25-15(31-16)10-7-23-27-13(28)5-12(24-14(10)27)11-4-3-9(6-22-11)18(19,20)21/h3-8,24H,1-2H3. The van der Waals surface area contributed by atoms with Crippen LogP contribution in [0.3, 0.4) is 0 Å². The van der Waals surface area contributed by atoms with Crippen LogP contribution < -0.4 is 5.56 Å². The number of H-pyrrole nitrogens is 1. The number of hydrogen-bond acceptors (Lipinski definition) is 8. The Morgan fingerprint density at radius 3 is 2.65 bits per heavy atom. The molecule has 0 fully saturated rings. The number of aromatic amines is 1. The normalized spacial score (nSPS) is 11.9. The van der Waals surface area contributed by atoms with Crippen molar-refractivity contribution in [3.63, 3.8) is 0 Å². The van der Waals surface area contributed by atoms with E-state index in [1.807, 2.05) is 0 Å². The van der Waals surface area contributed by atoms with Gasteiger partial charge in [0.15, 0.2) is 5.01 Å². The lowest BCUT2D eigenvalue weighted by Crippen LogP contribution is -2.14. The molecule has 4 rings (SSSR count). The molecule has 9 nitrogen and oxygen atoms in total. The maximum atomic E-state index is 12.8. The quantitative estimate of drug-likeness (QED) is 0.475. The molecule has 0 aliphatic heterocycles. The van der Waals surface area contributed by atoms with Gasteiger partial charge in [-0.25, -0.2) is 4.79 Å². The molecule has 0 aliphatic carbocycles. The van der Waals surface area contributed by atoms with Gasteiger partial charge < -0.3 is 9.72 Å². The SMILES string of the molecule is CC(C)OC(=O)c1nnc(-c2cnn3c(=O)cc(-c4ccc(C(F)(F)F)cn4)[nH]c23)s1. The van der Waals surface area contributed by atoms with Crippen LogP contribution in [0, 0.1) is 0 Å². The van der Waals surface area contributed by atoms with Crippen molar-refractivity contribution in [3.8, 4) is 22.0 Å². The van der Waals surface area contributed by atoms with E-state index in [4.69, 9.17) is 4.74 Å². The van der Waals surface area contributed by atoms with Crippen molar-refractivity contribution in [3.05, 3.63) is 51.5 Å². The highest BCUT2D eigenvalue weighted by atomic mass is 32.1. The molecule has 13 heteroatoms. The monoisotopic (exact) mass is 450 g/mol. The Labute approximate surface area is 175 Å². The molecular weight excluding hydrogens is 437 g/mol. The minimum atomic E-state index is -4.52. The third-order valence-corrected chi connectivity index (χ3v) is 4.97. The summed E-state index contributed by atoms with van der Waals surface area (Å²) in [7, 11) is 0. The van der Waals surface area contributed by atoms with Crippen LogP contribution in [-0.4, -0.2) is 41.9 Å². The van der Waals surface area contributed by atoms with Gasteiger partial charge in [0.25, 0.3) is 5.56 Å². The van der Waals surface area contributed by atoms with Crippen molar-refractivity contribution in [2.24, 2.45) is 0 Å². The molecule has 0 aliphatic rings. The van der Waals surface area contributed by atoms with E-state index in [2.05, 4.69) is 25.3 Å². The Morgan fingerprint density at radius 2 is 2.00 bits per heavy atom. The molecule has 0 saturated carbocycles. The molecule has 0 unspecified atom stereocenters. The number of halogens is 3. The summed E-state index contributed by atoms with van der Waals surface area (Å²) in [6.45, 7) is 3.40. The van der Waals surface area contributed by atoms with Crippen LogP contribution >= 0.6 is 11.3 Å². The van der Waals surface area contributed by atoms with E-state index >= 15 is 0 Å². The fraction of sp³-hybridized carbons (Fsp3) is 0.222. The van der Waals surface area contributed by atoms with Crippen molar-refractivity contribution in [2.45, 2.75) is 26.1 Å². The Bertz CT molecular complexity index is 1320. The van der Waals surface area contributed by atoms with E-state index in [0.717, 1.165) is 28.0 Å². The van der Waals surface area contributed by atoms with Crippen LogP contribution in [0.5, 0.6) is 0 Å². The maximum absolute atomic E-state index is 12.8. The largest absolute Gasteiger partial charge is 0.458 e. The van der Waals surface area contributed by atoms with Gasteiger partial charge in [-0.1, -0.05) is 11.3 Å². The second kappa shape index (κ2) is 7.58. The minimum Gasteiger partial charge on any atom is -0.458 e. The number of nitrogens with one attached hydrogen (secondary N) is 1. The van der Waals surface area contributed by atoms with E-state index in [0.29, 0.717) is 16.8 Å². The van der Waals surface area contributed by atoms with E-state index in [9.17, 15) is 22.8 Å². The van der Waals surface area contributed by atoms with Gasteiger partial charge in [0.05, 0.1) is 34.8 Å². The minimum absolute atomic E-state index is 0.0333. The van der Waals surface area contributed by atoms with Crippen molar-refractivity contribution in [2.75, 3.05) is 0 Å². The summed E-state index contributed by atoms with van der Waals surface area (Å²) in [5, 5.41) is 12.1. The summed E-state index contributed by atoms with van der Waals surface area (Å²) in [6.07, 6.45) is -2.79. The average molecular weight is 450 g/mol. The lowest BCUT2D eigenvalue weighted by Gasteiger charge is -2.07. The van der Waals surface area contributed by atoms with Gasteiger partial charge in [0.2, 0.25) is 5.01 Å². The van der Waals surface area contributed by atoms with Crippen molar-refractivity contribution >= 4 is 23.0 Å². The molecule has 4 aromatic heterocycles. The Balaban J connectivity index is 1.75. The predicted octanol–water partition coefficient (Wildman–Crippen LogP) is 3.19. The van der Waals surface area contributed by atoms with Crippen molar-refractivity contribution in [1.82, 2.24) is 29.8 Å². The van der Waals surface area contributed by atoms with Gasteiger partial charge in [-0.3, -0.25) is 9.78 Å². The highest BCUT2D eigenvalue weighted by molar-refractivity contribution is 7.16. The highest BCUT2D eigenvalue weighted by Gasteiger charge is 2.30. The van der Waals surface area contributed by atoms with E-state index in [-0.39, 0.29) is 28.1 Å². The smallest absolute Gasteiger partial charge is 0.417 e. The van der Waals surface area contributed by atoms with Gasteiger partial charge in [0, 0.05) is 12.3 Å². The second-order valence-corrected chi connectivity index (χ2v) is 7.61. The highest BCUT2D eigenvalue weighted by Crippen LogP contribution is 2.30. The molecule has 0 saturated heterocycles. The van der Waals surface area contributed by atoms with Gasteiger partial charge >= 0.3 is 12.1 Å². The van der Waals surface area contributed by atoms with E-state index < -0.39 is 23.3 Å². The molecule has 1 N–H and O–H groups in total. The van der Waals surface area contributed by atoms with Gasteiger partial charge in [-0.2, -0.15) is 22.8 Å². The van der Waals surface area contributed by atoms with Gasteiger partial charge in [0.1, 0.15) is 5.65 Å². The Morgan fingerprint density at radius 1 is 1.23 bits per heavy atom. The molecular formula is C18H13F3N6O3S. The maximum Gasteiger partial charge on any atom is 0.417 e. The zero-order valence-corrected chi connectivity index (χ0v) is 16.8. The van der Waals surface area contributed by atoms with Gasteiger partial charge in [-0.15, -0.1) is 10.2 Å². The zero-order chi connectivity index (χ0) is 22.3. The summed E-state index contributed by atoms with van der Waals surface area (Å²) in [6, 6.07) is 3.20. The second-order valence-electron chi connectivity index (χ2n) is 6.64. The van der Waals surface area contributed by atoms with E-state index in [1.165, 1.54) is 12.3 Å². The van der Waals surface area contributed by atoms with Crippen LogP contribution in [0.2, 0.25) is 0 Å². The molecule has 160 valence electrons. The number of aromatic nitrogens is 6. The zero-order valence-electron chi connectivity index (χ0n) is 16.0. The molecule has 0 radical (unpaired) electrons. The number of ether oxygens (including phenoxy) is 1. The summed E-state index contributed by atoms with van der Waals surface area (Å²) in [5.74, 6) is -0.627. The van der Waals surface area contributed by atoms with Crippen LogP contribution in [-0.2, 0) is 10.9 Å². The fourth-order valence-corrected chi connectivity index (χ4v) is 3.42. The first-order valence-electron chi connectivity index (χ1n) is 8.83. The first-order chi connectivity index (χ1) is 14.6. The molecule has 0 aromatic carbocycles. The molecule has 31 heavy (non-hydrogen) atoms. The summed E-state index contributed by atoms with van der Waals surface area (Å²) in [4.78, 5) is 31.2. The molecule has 4 aromatic rings. The number of hydrogen-bond donors (Lipinski definition) is 1. The molecule has 0 amide bonds. The van der Waals surface area contributed by atoms with Crippen LogP contribution in [0.15, 0.2) is 35.4 Å². The Kier molecular flexibility index (Phi) is 5.05. The van der Waals surface area contributed by atoms with Crippen molar-refractivity contribution in [1.29, 1.82) is 0 Å². The summed E-state index contributed by atoms with van der Waals surface area (Å²) < 4.78 is 44.5. The number of carbonyl (C=O) groups is 1. The first-order valence-corrected chi connectivity index (χ1v) is 9.64. The van der Waals surface area contributed by atoms with Crippen molar-refractivity contribution < 1.29 is 22.7 Å². The molecule has 0 bridgehead atoms. The number of carbonyl (C=O) groups excluding carboxylic acids is 1. The molecule has 4 heterocycles. The molecule has 0 atom stereocenters. The lowest BCUT2D eigenvalue weighted by atomic mass is 10.2. The summed E-state index contributed by atoms with van der Waals surface area (Å²) in [5.41, 5.74) is -0.494. The number of nitrogens with zero attached hydrogens (tertiary/aromatic N) is 5. The number of pyridine rings is 1. The summed E-state index contributed by atoms with van der Waals surface area (Å²) >= 11 is 0.955. The first kappa shape index (κ1) is 20.7. The Hall–Kier alpha value is -3.61. The third kappa shape index (κ3) is 4.03.